The zero-order valence-electron chi connectivity index (χ0n) is 9.85. The van der Waals surface area contributed by atoms with Crippen LogP contribution in [0.1, 0.15) is 19.3 Å². The maximum absolute atomic E-state index is 9.31. The molecule has 0 saturated carbocycles. The first-order valence-electron chi connectivity index (χ1n) is 6.09. The van der Waals surface area contributed by atoms with Crippen LogP contribution in [-0.2, 0) is 4.74 Å². The van der Waals surface area contributed by atoms with Gasteiger partial charge in [0.25, 0.3) is 0 Å². The van der Waals surface area contributed by atoms with Crippen molar-refractivity contribution in [2.45, 2.75) is 31.5 Å². The van der Waals surface area contributed by atoms with E-state index in [4.69, 9.17) is 15.6 Å². The van der Waals surface area contributed by atoms with E-state index >= 15 is 0 Å². The Labute approximate surface area is 97.2 Å². The number of aliphatic hydroxyl groups is 2. The first-order valence-corrected chi connectivity index (χ1v) is 6.09. The van der Waals surface area contributed by atoms with Gasteiger partial charge in [-0.25, -0.2) is 0 Å². The number of nitrogens with zero attached hydrogens (tertiary/aromatic N) is 1. The second-order valence-corrected chi connectivity index (χ2v) is 4.35. The molecular weight excluding hydrogens is 208 g/mol. The largest absolute Gasteiger partial charge is 0.394 e. The van der Waals surface area contributed by atoms with E-state index in [0.717, 1.165) is 39.0 Å². The Kier molecular flexibility index (Phi) is 6.91. The zero-order chi connectivity index (χ0) is 11.8. The molecule has 0 aliphatic carbocycles. The normalized spacial score (nSPS) is 21.2. The molecule has 0 aromatic heterocycles. The molecule has 0 spiro atoms. The Morgan fingerprint density at radius 1 is 1.38 bits per heavy atom. The van der Waals surface area contributed by atoms with E-state index in [1.54, 1.807) is 0 Å². The molecule has 1 saturated heterocycles. The third kappa shape index (κ3) is 5.23. The van der Waals surface area contributed by atoms with Crippen molar-refractivity contribution < 1.29 is 14.9 Å². The van der Waals surface area contributed by atoms with Gasteiger partial charge in [-0.05, 0) is 25.8 Å². The van der Waals surface area contributed by atoms with Gasteiger partial charge in [0.05, 0.1) is 18.8 Å². The van der Waals surface area contributed by atoms with Crippen LogP contribution in [0.5, 0.6) is 0 Å². The summed E-state index contributed by atoms with van der Waals surface area (Å²) in [7, 11) is 0. The van der Waals surface area contributed by atoms with Crippen LogP contribution in [0.25, 0.3) is 0 Å². The quantitative estimate of drug-likeness (QED) is 0.499. The molecular formula is C11H24N2O3. The van der Waals surface area contributed by atoms with Crippen LogP contribution in [-0.4, -0.2) is 66.7 Å². The molecule has 0 radical (unpaired) electrons. The second kappa shape index (κ2) is 7.97. The van der Waals surface area contributed by atoms with Gasteiger partial charge < -0.3 is 25.6 Å². The Balaban J connectivity index is 2.08. The van der Waals surface area contributed by atoms with Crippen LogP contribution < -0.4 is 5.73 Å². The van der Waals surface area contributed by atoms with E-state index in [1.165, 1.54) is 0 Å². The van der Waals surface area contributed by atoms with Gasteiger partial charge >= 0.3 is 0 Å². The minimum Gasteiger partial charge on any atom is -0.394 e. The lowest BCUT2D eigenvalue weighted by Gasteiger charge is -2.32. The molecule has 1 atom stereocenters. The third-order valence-electron chi connectivity index (χ3n) is 2.92. The van der Waals surface area contributed by atoms with Gasteiger partial charge in [-0.1, -0.05) is 0 Å². The number of ether oxygens (including phenoxy) is 1. The van der Waals surface area contributed by atoms with Crippen molar-refractivity contribution in [1.29, 1.82) is 0 Å². The lowest BCUT2D eigenvalue weighted by Crippen LogP contribution is -2.42. The molecule has 1 fully saturated rings. The fourth-order valence-electron chi connectivity index (χ4n) is 1.95. The van der Waals surface area contributed by atoms with Crippen LogP contribution in [0.15, 0.2) is 0 Å². The fraction of sp³-hybridized carbons (Fsp3) is 1.00. The molecule has 1 aliphatic heterocycles. The van der Waals surface area contributed by atoms with Crippen molar-refractivity contribution in [1.82, 2.24) is 4.90 Å². The van der Waals surface area contributed by atoms with Gasteiger partial charge in [-0.15, -0.1) is 0 Å². The molecule has 1 unspecified atom stereocenters. The molecule has 0 aromatic carbocycles. The third-order valence-corrected chi connectivity index (χ3v) is 2.92. The van der Waals surface area contributed by atoms with Gasteiger partial charge in [0.1, 0.15) is 0 Å². The standard InChI is InChI=1S/C11H24N2O3/c12-4-1-7-16-11-2-5-13(6-3-11)8-10(15)9-14/h10-11,14-15H,1-9,12H2. The summed E-state index contributed by atoms with van der Waals surface area (Å²) in [6.07, 6.45) is 2.65. The van der Waals surface area contributed by atoms with Gasteiger partial charge in [0.15, 0.2) is 0 Å². The molecule has 96 valence electrons. The Morgan fingerprint density at radius 3 is 2.62 bits per heavy atom. The second-order valence-electron chi connectivity index (χ2n) is 4.35. The summed E-state index contributed by atoms with van der Waals surface area (Å²) in [4.78, 5) is 2.17. The summed E-state index contributed by atoms with van der Waals surface area (Å²) in [6.45, 7) is 3.70. The van der Waals surface area contributed by atoms with Gasteiger partial charge in [0.2, 0.25) is 0 Å². The summed E-state index contributed by atoms with van der Waals surface area (Å²) >= 11 is 0. The number of rotatable bonds is 7. The van der Waals surface area contributed by atoms with Crippen molar-refractivity contribution >= 4 is 0 Å². The van der Waals surface area contributed by atoms with E-state index in [0.29, 0.717) is 19.2 Å². The van der Waals surface area contributed by atoms with E-state index in [-0.39, 0.29) is 6.61 Å². The highest BCUT2D eigenvalue weighted by Crippen LogP contribution is 2.14. The number of hydrogen-bond donors (Lipinski definition) is 3. The topological polar surface area (TPSA) is 79.0 Å². The molecule has 0 amide bonds. The lowest BCUT2D eigenvalue weighted by atomic mass is 10.1. The highest BCUT2D eigenvalue weighted by molar-refractivity contribution is 4.74. The number of hydrogen-bond acceptors (Lipinski definition) is 5. The molecule has 1 heterocycles. The van der Waals surface area contributed by atoms with E-state index in [1.807, 2.05) is 0 Å². The number of aliphatic hydroxyl groups excluding tert-OH is 2. The molecule has 0 bridgehead atoms. The molecule has 1 rings (SSSR count). The summed E-state index contributed by atoms with van der Waals surface area (Å²) in [6, 6.07) is 0. The van der Waals surface area contributed by atoms with Crippen LogP contribution in [0.4, 0.5) is 0 Å². The summed E-state index contributed by atoms with van der Waals surface area (Å²) < 4.78 is 5.68. The molecule has 5 heteroatoms. The lowest BCUT2D eigenvalue weighted by molar-refractivity contribution is -0.00831. The Morgan fingerprint density at radius 2 is 2.06 bits per heavy atom. The Hall–Kier alpha value is -0.200. The average molecular weight is 232 g/mol. The van der Waals surface area contributed by atoms with Gasteiger partial charge in [-0.2, -0.15) is 0 Å². The number of likely N-dealkylation sites (tertiary alicyclic amines) is 1. The number of piperidine rings is 1. The van der Waals surface area contributed by atoms with Crippen molar-refractivity contribution in [3.63, 3.8) is 0 Å². The predicted octanol–water partition coefficient (Wildman–Crippen LogP) is -0.831. The molecule has 5 nitrogen and oxygen atoms in total. The van der Waals surface area contributed by atoms with E-state index < -0.39 is 6.10 Å². The van der Waals surface area contributed by atoms with Crippen LogP contribution in [0.3, 0.4) is 0 Å². The maximum Gasteiger partial charge on any atom is 0.0897 e. The van der Waals surface area contributed by atoms with Crippen molar-refractivity contribution in [3.8, 4) is 0 Å². The highest BCUT2D eigenvalue weighted by Gasteiger charge is 2.20. The molecule has 0 aromatic rings. The fourth-order valence-corrected chi connectivity index (χ4v) is 1.95. The van der Waals surface area contributed by atoms with Gasteiger partial charge in [-0.3, -0.25) is 0 Å². The smallest absolute Gasteiger partial charge is 0.0897 e. The molecule has 4 N–H and O–H groups in total. The average Bonchev–Trinajstić information content (AvgIpc) is 2.31. The summed E-state index contributed by atoms with van der Waals surface area (Å²) in [5, 5.41) is 18.1. The number of β-amino-alcohol motifs (C(OH)–C–C–N with tert-alkyl or cyclic N) is 1. The van der Waals surface area contributed by atoms with Crippen molar-refractivity contribution in [3.05, 3.63) is 0 Å². The minimum absolute atomic E-state index is 0.160. The van der Waals surface area contributed by atoms with E-state index in [9.17, 15) is 5.11 Å². The first kappa shape index (κ1) is 13.9. The van der Waals surface area contributed by atoms with Gasteiger partial charge in [0, 0.05) is 26.2 Å². The Bertz CT molecular complexity index is 173. The SMILES string of the molecule is NCCCOC1CCN(CC(O)CO)CC1. The predicted molar refractivity (Wildman–Crippen MR) is 62.2 cm³/mol. The monoisotopic (exact) mass is 232 g/mol. The minimum atomic E-state index is -0.616. The molecule has 16 heavy (non-hydrogen) atoms. The summed E-state index contributed by atoms with van der Waals surface area (Å²) in [5.41, 5.74) is 5.40. The maximum atomic E-state index is 9.31. The van der Waals surface area contributed by atoms with Crippen LogP contribution in [0, 0.1) is 0 Å². The summed E-state index contributed by atoms with van der Waals surface area (Å²) in [5.74, 6) is 0. The van der Waals surface area contributed by atoms with Crippen LogP contribution in [0.2, 0.25) is 0 Å². The number of nitrogens with two attached hydrogens (primary N) is 1. The van der Waals surface area contributed by atoms with Crippen LogP contribution >= 0.6 is 0 Å². The first-order chi connectivity index (χ1) is 7.76. The van der Waals surface area contributed by atoms with Crippen molar-refractivity contribution in [2.75, 3.05) is 39.4 Å². The zero-order valence-corrected chi connectivity index (χ0v) is 9.85. The van der Waals surface area contributed by atoms with Crippen molar-refractivity contribution in [2.24, 2.45) is 5.73 Å². The van der Waals surface area contributed by atoms with E-state index in [2.05, 4.69) is 4.90 Å². The highest BCUT2D eigenvalue weighted by atomic mass is 16.5. The molecule has 1 aliphatic rings.